The summed E-state index contributed by atoms with van der Waals surface area (Å²) in [6.45, 7) is 4.28. The van der Waals surface area contributed by atoms with Crippen LogP contribution in [0.3, 0.4) is 0 Å². The molecular weight excluding hydrogens is 206 g/mol. The van der Waals surface area contributed by atoms with E-state index in [1.165, 1.54) is 0 Å². The molecule has 2 aliphatic carbocycles. The van der Waals surface area contributed by atoms with E-state index in [2.05, 4.69) is 19.0 Å². The number of carboxylic acid groups (broad SMARTS) is 1. The zero-order valence-electron chi connectivity index (χ0n) is 9.86. The second-order valence-corrected chi connectivity index (χ2v) is 5.63. The molecule has 16 heavy (non-hydrogen) atoms. The fourth-order valence-electron chi connectivity index (χ4n) is 3.78. The number of fused-ring (bicyclic) bond motifs is 2. The first-order chi connectivity index (χ1) is 7.44. The molecule has 0 saturated heterocycles. The standard InChI is InChI=1S/C12H19NO3/c1-11(6-4-10(14)15)8-3-5-12(11,2)9(7-8)13-16/h8,16H,3-7H2,1-2H3,(H,14,15)/b13-9+. The van der Waals surface area contributed by atoms with Gasteiger partial charge >= 0.3 is 5.97 Å². The fraction of sp³-hybridized carbons (Fsp3) is 0.833. The molecule has 2 fully saturated rings. The Morgan fingerprint density at radius 3 is 2.75 bits per heavy atom. The molecule has 0 heterocycles. The molecule has 4 nitrogen and oxygen atoms in total. The van der Waals surface area contributed by atoms with E-state index in [4.69, 9.17) is 10.3 Å². The Bertz CT molecular complexity index is 352. The largest absolute Gasteiger partial charge is 0.481 e. The molecule has 2 bridgehead atoms. The first-order valence-electron chi connectivity index (χ1n) is 5.87. The number of carbonyl (C=O) groups is 1. The minimum atomic E-state index is -0.737. The molecule has 0 aromatic heterocycles. The molecule has 4 heteroatoms. The highest BCUT2D eigenvalue weighted by molar-refractivity contribution is 5.94. The van der Waals surface area contributed by atoms with Crippen molar-refractivity contribution >= 4 is 11.7 Å². The van der Waals surface area contributed by atoms with E-state index in [1.54, 1.807) is 0 Å². The van der Waals surface area contributed by atoms with Crippen molar-refractivity contribution in [2.24, 2.45) is 21.9 Å². The van der Waals surface area contributed by atoms with Crippen LogP contribution in [0, 0.1) is 16.7 Å². The molecule has 90 valence electrons. The summed E-state index contributed by atoms with van der Waals surface area (Å²) in [6.07, 6.45) is 3.88. The monoisotopic (exact) mass is 225 g/mol. The van der Waals surface area contributed by atoms with Crippen molar-refractivity contribution in [3.8, 4) is 0 Å². The summed E-state index contributed by atoms with van der Waals surface area (Å²) in [5, 5.41) is 21.3. The zero-order valence-corrected chi connectivity index (χ0v) is 9.86. The number of nitrogens with zero attached hydrogens (tertiary/aromatic N) is 1. The van der Waals surface area contributed by atoms with Crippen molar-refractivity contribution in [3.63, 3.8) is 0 Å². The molecule has 0 amide bonds. The van der Waals surface area contributed by atoms with E-state index in [-0.39, 0.29) is 17.3 Å². The highest BCUT2D eigenvalue weighted by Crippen LogP contribution is 2.66. The van der Waals surface area contributed by atoms with Gasteiger partial charge in [0.2, 0.25) is 0 Å². The van der Waals surface area contributed by atoms with Gasteiger partial charge in [-0.1, -0.05) is 19.0 Å². The molecule has 0 aromatic rings. The van der Waals surface area contributed by atoms with Gasteiger partial charge < -0.3 is 10.3 Å². The lowest BCUT2D eigenvalue weighted by molar-refractivity contribution is -0.138. The van der Waals surface area contributed by atoms with Crippen LogP contribution in [0.5, 0.6) is 0 Å². The molecule has 2 saturated carbocycles. The van der Waals surface area contributed by atoms with Gasteiger partial charge in [-0.05, 0) is 37.0 Å². The third kappa shape index (κ3) is 1.28. The topological polar surface area (TPSA) is 69.9 Å². The normalized spacial score (nSPS) is 44.1. The first-order valence-corrected chi connectivity index (χ1v) is 5.87. The molecule has 0 spiro atoms. The lowest BCUT2D eigenvalue weighted by atomic mass is 9.66. The Morgan fingerprint density at radius 2 is 2.25 bits per heavy atom. The van der Waals surface area contributed by atoms with Crippen LogP contribution in [0.15, 0.2) is 5.16 Å². The van der Waals surface area contributed by atoms with Crippen molar-refractivity contribution in [3.05, 3.63) is 0 Å². The molecule has 0 radical (unpaired) electrons. The van der Waals surface area contributed by atoms with E-state index < -0.39 is 5.97 Å². The predicted octanol–water partition coefficient (Wildman–Crippen LogP) is 2.51. The Balaban J connectivity index is 2.25. The Morgan fingerprint density at radius 1 is 1.56 bits per heavy atom. The number of carboxylic acids is 1. The second-order valence-electron chi connectivity index (χ2n) is 5.63. The summed E-state index contributed by atoms with van der Waals surface area (Å²) >= 11 is 0. The highest BCUT2D eigenvalue weighted by Gasteiger charge is 2.62. The van der Waals surface area contributed by atoms with Gasteiger partial charge in [0.05, 0.1) is 5.71 Å². The minimum absolute atomic E-state index is 0.00699. The van der Waals surface area contributed by atoms with E-state index in [9.17, 15) is 4.79 Å². The first kappa shape index (κ1) is 11.4. The van der Waals surface area contributed by atoms with Crippen LogP contribution in [0.4, 0.5) is 0 Å². The summed E-state index contributed by atoms with van der Waals surface area (Å²) < 4.78 is 0. The van der Waals surface area contributed by atoms with Crippen LogP contribution in [0.2, 0.25) is 0 Å². The van der Waals surface area contributed by atoms with Crippen LogP contribution < -0.4 is 0 Å². The van der Waals surface area contributed by atoms with Crippen molar-refractivity contribution in [2.45, 2.75) is 46.0 Å². The highest BCUT2D eigenvalue weighted by atomic mass is 16.4. The number of hydrogen-bond acceptors (Lipinski definition) is 3. The summed E-state index contributed by atoms with van der Waals surface area (Å²) in [5.41, 5.74) is 0.770. The molecule has 0 aromatic carbocycles. The number of aliphatic carboxylic acids is 1. The summed E-state index contributed by atoms with van der Waals surface area (Å²) in [5.74, 6) is -0.249. The Labute approximate surface area is 95.3 Å². The van der Waals surface area contributed by atoms with Crippen LogP contribution in [0.25, 0.3) is 0 Å². The molecular formula is C12H19NO3. The maximum atomic E-state index is 10.7. The number of oxime groups is 1. The number of hydrogen-bond donors (Lipinski definition) is 2. The van der Waals surface area contributed by atoms with E-state index in [0.29, 0.717) is 12.3 Å². The fourth-order valence-corrected chi connectivity index (χ4v) is 3.78. The summed E-state index contributed by atoms with van der Waals surface area (Å²) in [4.78, 5) is 10.7. The van der Waals surface area contributed by atoms with E-state index in [1.807, 2.05) is 0 Å². The minimum Gasteiger partial charge on any atom is -0.481 e. The molecule has 0 aliphatic heterocycles. The van der Waals surface area contributed by atoms with Gasteiger partial charge in [-0.15, -0.1) is 0 Å². The van der Waals surface area contributed by atoms with Crippen molar-refractivity contribution in [1.29, 1.82) is 0 Å². The summed E-state index contributed by atoms with van der Waals surface area (Å²) in [6, 6.07) is 0. The van der Waals surface area contributed by atoms with Crippen LogP contribution in [-0.2, 0) is 4.79 Å². The maximum Gasteiger partial charge on any atom is 0.303 e. The average Bonchev–Trinajstić information content (AvgIpc) is 2.60. The van der Waals surface area contributed by atoms with Gasteiger partial charge in [-0.2, -0.15) is 0 Å². The Kier molecular flexibility index (Phi) is 2.48. The lowest BCUT2D eigenvalue weighted by Gasteiger charge is -2.37. The molecule has 2 aliphatic rings. The molecule has 3 unspecified atom stereocenters. The van der Waals surface area contributed by atoms with Crippen LogP contribution >= 0.6 is 0 Å². The predicted molar refractivity (Wildman–Crippen MR) is 59.6 cm³/mol. The molecule has 2 N–H and O–H groups in total. The summed E-state index contributed by atoms with van der Waals surface area (Å²) in [7, 11) is 0. The van der Waals surface area contributed by atoms with Gasteiger partial charge in [0.1, 0.15) is 0 Å². The second kappa shape index (κ2) is 3.47. The smallest absolute Gasteiger partial charge is 0.303 e. The van der Waals surface area contributed by atoms with Crippen molar-refractivity contribution < 1.29 is 15.1 Å². The van der Waals surface area contributed by atoms with Gasteiger partial charge in [-0.25, -0.2) is 0 Å². The average molecular weight is 225 g/mol. The third-order valence-corrected chi connectivity index (χ3v) is 5.21. The lowest BCUT2D eigenvalue weighted by Crippen LogP contribution is -2.35. The molecule has 3 atom stereocenters. The van der Waals surface area contributed by atoms with Gasteiger partial charge in [0.15, 0.2) is 0 Å². The third-order valence-electron chi connectivity index (χ3n) is 5.21. The molecule has 2 rings (SSSR count). The van der Waals surface area contributed by atoms with E-state index in [0.717, 1.165) is 25.0 Å². The van der Waals surface area contributed by atoms with Crippen molar-refractivity contribution in [1.82, 2.24) is 0 Å². The van der Waals surface area contributed by atoms with Crippen LogP contribution in [0.1, 0.15) is 46.0 Å². The van der Waals surface area contributed by atoms with Gasteiger partial charge in [0.25, 0.3) is 0 Å². The van der Waals surface area contributed by atoms with Crippen LogP contribution in [-0.4, -0.2) is 22.0 Å². The van der Waals surface area contributed by atoms with Gasteiger partial charge in [0, 0.05) is 11.8 Å². The number of rotatable bonds is 3. The van der Waals surface area contributed by atoms with Crippen molar-refractivity contribution in [2.75, 3.05) is 0 Å². The maximum absolute atomic E-state index is 10.7. The van der Waals surface area contributed by atoms with E-state index >= 15 is 0 Å². The quantitative estimate of drug-likeness (QED) is 0.572. The van der Waals surface area contributed by atoms with Gasteiger partial charge in [-0.3, -0.25) is 4.79 Å². The Hall–Kier alpha value is -1.06. The zero-order chi connectivity index (χ0) is 12.0. The SMILES string of the molecule is CC12CCC(C/C1=N\O)C2(C)CCC(=O)O.